The van der Waals surface area contributed by atoms with Gasteiger partial charge in [-0.05, 0) is 37.8 Å². The van der Waals surface area contributed by atoms with Gasteiger partial charge in [0.2, 0.25) is 0 Å². The minimum atomic E-state index is -0.635. The molecule has 2 unspecified atom stereocenters. The Morgan fingerprint density at radius 1 is 1.22 bits per heavy atom. The van der Waals surface area contributed by atoms with E-state index in [9.17, 15) is 4.79 Å². The number of fused-ring (bicyclic) bond motifs is 1. The lowest BCUT2D eigenvalue weighted by Gasteiger charge is -2.28. The lowest BCUT2D eigenvalue weighted by molar-refractivity contribution is -0.0844. The lowest BCUT2D eigenvalue weighted by atomic mass is 10.0. The Kier molecular flexibility index (Phi) is 4.01. The third-order valence-corrected chi connectivity index (χ3v) is 5.44. The quantitative estimate of drug-likeness (QED) is 0.600. The molecule has 3 aliphatic rings. The Hall–Kier alpha value is -2.60. The highest BCUT2D eigenvalue weighted by atomic mass is 16.7. The Bertz CT molecular complexity index is 898. The number of carbonyl (C=O) groups excluding carboxylic acids is 1. The number of para-hydroxylation sites is 1. The molecule has 0 N–H and O–H groups in total. The largest absolute Gasteiger partial charge is 0.448 e. The van der Waals surface area contributed by atoms with Crippen LogP contribution in [0.4, 0.5) is 0 Å². The van der Waals surface area contributed by atoms with Crippen LogP contribution in [0, 0.1) is 0 Å². The number of aldehydes is 1. The molecule has 0 saturated carbocycles. The second-order valence-corrected chi connectivity index (χ2v) is 7.31. The predicted octanol–water partition coefficient (Wildman–Crippen LogP) is 4.27. The molecular formula is C21H22N2O4. The van der Waals surface area contributed by atoms with E-state index in [4.69, 9.17) is 19.3 Å². The van der Waals surface area contributed by atoms with Crippen LogP contribution in [0.1, 0.15) is 55.1 Å². The number of allylic oxidation sites excluding steroid dienone is 1. The molecule has 6 nitrogen and oxygen atoms in total. The van der Waals surface area contributed by atoms with Crippen molar-refractivity contribution in [1.82, 2.24) is 9.78 Å². The molecule has 0 radical (unpaired) electrons. The molecule has 1 aliphatic carbocycles. The number of rotatable bonds is 3. The molecule has 5 rings (SSSR count). The standard InChI is InChI=1S/C21H22N2O4/c24-14-15-13-23(18-9-2-5-12-25-18)22-19(15)16-7-6-8-17-20(16)27-21(26-17)10-3-1-4-11-21/h1,3,6-8,13-14,18H,2,4-5,9-12H2. The smallest absolute Gasteiger partial charge is 0.255 e. The molecular weight excluding hydrogens is 344 g/mol. The Labute approximate surface area is 157 Å². The molecule has 140 valence electrons. The zero-order valence-electron chi connectivity index (χ0n) is 15.1. The van der Waals surface area contributed by atoms with Crippen molar-refractivity contribution in [3.05, 3.63) is 42.1 Å². The highest BCUT2D eigenvalue weighted by Gasteiger charge is 2.42. The molecule has 2 aliphatic heterocycles. The first-order valence-electron chi connectivity index (χ1n) is 9.60. The normalized spacial score (nSPS) is 26.4. The molecule has 2 aromatic rings. The van der Waals surface area contributed by atoms with Crippen LogP contribution in [0.3, 0.4) is 0 Å². The molecule has 1 saturated heterocycles. The average molecular weight is 366 g/mol. The number of carbonyl (C=O) groups is 1. The molecule has 1 aromatic heterocycles. The summed E-state index contributed by atoms with van der Waals surface area (Å²) in [6, 6.07) is 5.76. The summed E-state index contributed by atoms with van der Waals surface area (Å²) in [5, 5.41) is 4.70. The van der Waals surface area contributed by atoms with E-state index in [1.165, 1.54) is 0 Å². The maximum atomic E-state index is 11.7. The molecule has 27 heavy (non-hydrogen) atoms. The molecule has 1 aromatic carbocycles. The molecule has 1 fully saturated rings. The maximum Gasteiger partial charge on any atom is 0.255 e. The highest BCUT2D eigenvalue weighted by Crippen LogP contribution is 2.49. The Balaban J connectivity index is 1.53. The summed E-state index contributed by atoms with van der Waals surface area (Å²) in [4.78, 5) is 11.7. The number of hydrogen-bond acceptors (Lipinski definition) is 5. The van der Waals surface area contributed by atoms with Gasteiger partial charge in [0.1, 0.15) is 11.9 Å². The van der Waals surface area contributed by atoms with Gasteiger partial charge >= 0.3 is 0 Å². The summed E-state index contributed by atoms with van der Waals surface area (Å²) in [7, 11) is 0. The summed E-state index contributed by atoms with van der Waals surface area (Å²) in [6.07, 6.45) is 12.3. The van der Waals surface area contributed by atoms with E-state index in [0.717, 1.165) is 50.6 Å². The van der Waals surface area contributed by atoms with E-state index in [1.54, 1.807) is 10.9 Å². The van der Waals surface area contributed by atoms with Gasteiger partial charge in [-0.15, -0.1) is 0 Å². The number of benzene rings is 1. The summed E-state index contributed by atoms with van der Waals surface area (Å²) in [6.45, 7) is 0.726. The summed E-state index contributed by atoms with van der Waals surface area (Å²) < 4.78 is 20.1. The zero-order chi connectivity index (χ0) is 18.3. The first-order valence-corrected chi connectivity index (χ1v) is 9.60. The number of nitrogens with zero attached hydrogens (tertiary/aromatic N) is 2. The summed E-state index contributed by atoms with van der Waals surface area (Å²) in [5.74, 6) is 0.748. The van der Waals surface area contributed by atoms with E-state index in [1.807, 2.05) is 18.2 Å². The first kappa shape index (κ1) is 16.6. The van der Waals surface area contributed by atoms with Crippen molar-refractivity contribution in [2.75, 3.05) is 6.61 Å². The molecule has 0 amide bonds. The molecule has 6 heteroatoms. The summed E-state index contributed by atoms with van der Waals surface area (Å²) in [5.41, 5.74) is 1.93. The zero-order valence-corrected chi connectivity index (χ0v) is 15.1. The molecule has 1 spiro atoms. The first-order chi connectivity index (χ1) is 13.3. The van der Waals surface area contributed by atoms with Crippen LogP contribution >= 0.6 is 0 Å². The topological polar surface area (TPSA) is 62.6 Å². The van der Waals surface area contributed by atoms with Crippen molar-refractivity contribution in [3.63, 3.8) is 0 Å². The van der Waals surface area contributed by atoms with E-state index < -0.39 is 5.79 Å². The average Bonchev–Trinajstić information content (AvgIpc) is 3.30. The van der Waals surface area contributed by atoms with E-state index in [2.05, 4.69) is 12.2 Å². The number of ether oxygens (including phenoxy) is 3. The van der Waals surface area contributed by atoms with Gasteiger partial charge in [0, 0.05) is 31.2 Å². The number of aromatic nitrogens is 2. The van der Waals surface area contributed by atoms with Gasteiger partial charge in [-0.25, -0.2) is 4.68 Å². The van der Waals surface area contributed by atoms with Crippen LogP contribution in [0.2, 0.25) is 0 Å². The maximum absolute atomic E-state index is 11.7. The minimum Gasteiger partial charge on any atom is -0.448 e. The molecule has 3 heterocycles. The predicted molar refractivity (Wildman–Crippen MR) is 98.9 cm³/mol. The Morgan fingerprint density at radius 2 is 2.19 bits per heavy atom. The van der Waals surface area contributed by atoms with E-state index in [0.29, 0.717) is 29.2 Å². The van der Waals surface area contributed by atoms with Gasteiger partial charge in [-0.2, -0.15) is 5.10 Å². The van der Waals surface area contributed by atoms with Crippen molar-refractivity contribution in [2.45, 2.75) is 50.5 Å². The van der Waals surface area contributed by atoms with Gasteiger partial charge in [-0.1, -0.05) is 18.2 Å². The fourth-order valence-electron chi connectivity index (χ4n) is 4.05. The van der Waals surface area contributed by atoms with Gasteiger partial charge in [-0.3, -0.25) is 4.79 Å². The van der Waals surface area contributed by atoms with Crippen molar-refractivity contribution < 1.29 is 19.0 Å². The van der Waals surface area contributed by atoms with Gasteiger partial charge in [0.15, 0.2) is 17.8 Å². The van der Waals surface area contributed by atoms with Gasteiger partial charge < -0.3 is 14.2 Å². The number of hydrogen-bond donors (Lipinski definition) is 0. The van der Waals surface area contributed by atoms with Crippen LogP contribution in [0.25, 0.3) is 11.3 Å². The van der Waals surface area contributed by atoms with E-state index in [-0.39, 0.29) is 6.23 Å². The Morgan fingerprint density at radius 3 is 2.96 bits per heavy atom. The second kappa shape index (κ2) is 6.53. The fourth-order valence-corrected chi connectivity index (χ4v) is 4.05. The van der Waals surface area contributed by atoms with Crippen molar-refractivity contribution >= 4 is 6.29 Å². The van der Waals surface area contributed by atoms with Crippen molar-refractivity contribution in [3.8, 4) is 22.8 Å². The monoisotopic (exact) mass is 366 g/mol. The SMILES string of the molecule is O=Cc1cn(C2CCCCO2)nc1-c1cccc2c1OC1(CC=CCC1)O2. The van der Waals surface area contributed by atoms with Gasteiger partial charge in [0.05, 0.1) is 5.56 Å². The third kappa shape index (κ3) is 2.84. The fraction of sp³-hybridized carbons (Fsp3) is 0.429. The highest BCUT2D eigenvalue weighted by molar-refractivity contribution is 5.88. The van der Waals surface area contributed by atoms with Crippen LogP contribution < -0.4 is 9.47 Å². The lowest BCUT2D eigenvalue weighted by Crippen LogP contribution is -2.39. The van der Waals surface area contributed by atoms with Crippen LogP contribution in [0.15, 0.2) is 36.5 Å². The third-order valence-electron chi connectivity index (χ3n) is 5.44. The van der Waals surface area contributed by atoms with Crippen LogP contribution in [0.5, 0.6) is 11.5 Å². The molecule has 2 atom stereocenters. The van der Waals surface area contributed by atoms with Crippen LogP contribution in [-0.4, -0.2) is 28.5 Å². The van der Waals surface area contributed by atoms with Crippen LogP contribution in [-0.2, 0) is 4.74 Å². The van der Waals surface area contributed by atoms with Gasteiger partial charge in [0.25, 0.3) is 5.79 Å². The van der Waals surface area contributed by atoms with E-state index >= 15 is 0 Å². The van der Waals surface area contributed by atoms with Crippen molar-refractivity contribution in [1.29, 1.82) is 0 Å². The molecule has 0 bridgehead atoms. The summed E-state index contributed by atoms with van der Waals surface area (Å²) >= 11 is 0. The second-order valence-electron chi connectivity index (χ2n) is 7.31. The van der Waals surface area contributed by atoms with Crippen molar-refractivity contribution in [2.24, 2.45) is 0 Å². The minimum absolute atomic E-state index is 0.116.